The van der Waals surface area contributed by atoms with Gasteiger partial charge in [0, 0.05) is 24.1 Å². The van der Waals surface area contributed by atoms with Gasteiger partial charge in [-0.1, -0.05) is 56.3 Å². The third-order valence-corrected chi connectivity index (χ3v) is 6.10. The Balaban J connectivity index is 1.50. The zero-order chi connectivity index (χ0) is 18.4. The predicted molar refractivity (Wildman–Crippen MR) is 109 cm³/mol. The van der Waals surface area contributed by atoms with E-state index in [0.717, 1.165) is 31.0 Å². The lowest BCUT2D eigenvalue weighted by atomic mass is 10.0. The van der Waals surface area contributed by atoms with Crippen molar-refractivity contribution in [3.63, 3.8) is 0 Å². The van der Waals surface area contributed by atoms with Crippen molar-refractivity contribution in [3.05, 3.63) is 65.7 Å². The minimum atomic E-state index is 0.0762. The predicted octanol–water partition coefficient (Wildman–Crippen LogP) is 4.90. The first kappa shape index (κ1) is 18.8. The van der Waals surface area contributed by atoms with Gasteiger partial charge in [0.05, 0.1) is 0 Å². The monoisotopic (exact) mass is 369 g/mol. The molecular formula is C22H27NO2S. The fourth-order valence-corrected chi connectivity index (χ4v) is 4.37. The first-order valence-electron chi connectivity index (χ1n) is 9.30. The summed E-state index contributed by atoms with van der Waals surface area (Å²) in [6.45, 7) is 6.03. The number of ether oxygens (including phenoxy) is 1. The van der Waals surface area contributed by atoms with E-state index in [2.05, 4.69) is 50.2 Å². The molecule has 0 spiro atoms. The third kappa shape index (κ3) is 5.04. The molecule has 0 bridgehead atoms. The highest BCUT2D eigenvalue weighted by molar-refractivity contribution is 7.99. The molecule has 2 aromatic carbocycles. The minimum absolute atomic E-state index is 0.0762. The van der Waals surface area contributed by atoms with Gasteiger partial charge in [0.2, 0.25) is 0 Å². The molecule has 3 nitrogen and oxygen atoms in total. The smallest absolute Gasteiger partial charge is 0.260 e. The molecule has 1 heterocycles. The summed E-state index contributed by atoms with van der Waals surface area (Å²) >= 11 is 1.94. The molecule has 1 amide bonds. The van der Waals surface area contributed by atoms with Crippen molar-refractivity contribution in [1.82, 2.24) is 4.90 Å². The lowest BCUT2D eigenvalue weighted by molar-refractivity contribution is -0.133. The molecule has 1 saturated heterocycles. The molecule has 0 radical (unpaired) electrons. The zero-order valence-electron chi connectivity index (χ0n) is 15.6. The van der Waals surface area contributed by atoms with Crippen LogP contribution >= 0.6 is 11.8 Å². The summed E-state index contributed by atoms with van der Waals surface area (Å²) in [7, 11) is 0. The topological polar surface area (TPSA) is 29.5 Å². The van der Waals surface area contributed by atoms with Gasteiger partial charge < -0.3 is 9.64 Å². The van der Waals surface area contributed by atoms with E-state index in [1.54, 1.807) is 0 Å². The zero-order valence-corrected chi connectivity index (χ0v) is 16.4. The molecule has 0 aromatic heterocycles. The number of rotatable bonds is 5. The van der Waals surface area contributed by atoms with E-state index in [4.69, 9.17) is 4.74 Å². The van der Waals surface area contributed by atoms with Gasteiger partial charge in [-0.05, 0) is 35.6 Å². The molecule has 1 atom stereocenters. The number of benzene rings is 2. The van der Waals surface area contributed by atoms with E-state index in [0.29, 0.717) is 11.2 Å². The first-order chi connectivity index (χ1) is 12.6. The molecule has 1 fully saturated rings. The summed E-state index contributed by atoms with van der Waals surface area (Å²) in [5.41, 5.74) is 2.63. The van der Waals surface area contributed by atoms with Crippen LogP contribution in [-0.4, -0.2) is 36.3 Å². The van der Waals surface area contributed by atoms with E-state index < -0.39 is 0 Å². The maximum Gasteiger partial charge on any atom is 0.260 e. The van der Waals surface area contributed by atoms with Crippen LogP contribution in [0.25, 0.3) is 0 Å². The fraction of sp³-hybridized carbons (Fsp3) is 0.409. The minimum Gasteiger partial charge on any atom is -0.484 e. The number of hydrogen-bond donors (Lipinski definition) is 0. The number of thioether (sulfide) groups is 1. The Bertz CT molecular complexity index is 700. The Labute approximate surface area is 160 Å². The van der Waals surface area contributed by atoms with Crippen molar-refractivity contribution in [2.45, 2.75) is 31.4 Å². The van der Waals surface area contributed by atoms with Crippen LogP contribution in [0.15, 0.2) is 54.6 Å². The molecule has 2 aromatic rings. The van der Waals surface area contributed by atoms with Gasteiger partial charge in [0.25, 0.3) is 5.91 Å². The van der Waals surface area contributed by atoms with Gasteiger partial charge in [-0.25, -0.2) is 0 Å². The Kier molecular flexibility index (Phi) is 6.62. The third-order valence-electron chi connectivity index (χ3n) is 4.77. The van der Waals surface area contributed by atoms with E-state index in [9.17, 15) is 4.79 Å². The van der Waals surface area contributed by atoms with Crippen molar-refractivity contribution in [1.29, 1.82) is 0 Å². The van der Waals surface area contributed by atoms with E-state index >= 15 is 0 Å². The molecule has 1 aliphatic rings. The standard InChI is InChI=1S/C22H27NO2S/c1-17(2)18-8-10-20(11-9-18)25-16-22(24)23-13-12-21(26-15-14-23)19-6-4-3-5-7-19/h3-11,17,21H,12-16H2,1-2H3. The second-order valence-electron chi connectivity index (χ2n) is 6.95. The van der Waals surface area contributed by atoms with Crippen LogP contribution in [0.2, 0.25) is 0 Å². The molecule has 3 rings (SSSR count). The molecule has 0 N–H and O–H groups in total. The van der Waals surface area contributed by atoms with Crippen molar-refractivity contribution in [3.8, 4) is 5.75 Å². The second-order valence-corrected chi connectivity index (χ2v) is 8.26. The number of carbonyl (C=O) groups is 1. The molecule has 1 unspecified atom stereocenters. The number of carbonyl (C=O) groups excluding carboxylic acids is 1. The van der Waals surface area contributed by atoms with Crippen LogP contribution in [0.3, 0.4) is 0 Å². The summed E-state index contributed by atoms with van der Waals surface area (Å²) in [5.74, 6) is 2.30. The summed E-state index contributed by atoms with van der Waals surface area (Å²) in [4.78, 5) is 14.5. The average molecular weight is 370 g/mol. The van der Waals surface area contributed by atoms with Crippen LogP contribution in [0.5, 0.6) is 5.75 Å². The first-order valence-corrected chi connectivity index (χ1v) is 10.4. The normalized spacial score (nSPS) is 17.8. The lowest BCUT2D eigenvalue weighted by Gasteiger charge is -2.20. The maximum atomic E-state index is 12.5. The summed E-state index contributed by atoms with van der Waals surface area (Å²) in [5, 5.41) is 0.471. The van der Waals surface area contributed by atoms with Crippen molar-refractivity contribution >= 4 is 17.7 Å². The van der Waals surface area contributed by atoms with Gasteiger partial charge in [-0.15, -0.1) is 0 Å². The molecule has 138 valence electrons. The largest absolute Gasteiger partial charge is 0.484 e. The molecule has 1 aliphatic heterocycles. The van der Waals surface area contributed by atoms with Gasteiger partial charge in [-0.2, -0.15) is 11.8 Å². The van der Waals surface area contributed by atoms with Gasteiger partial charge in [0.1, 0.15) is 5.75 Å². The van der Waals surface area contributed by atoms with Gasteiger partial charge >= 0.3 is 0 Å². The fourth-order valence-electron chi connectivity index (χ4n) is 3.14. The van der Waals surface area contributed by atoms with Crippen LogP contribution in [-0.2, 0) is 4.79 Å². The molecule has 4 heteroatoms. The molecular weight excluding hydrogens is 342 g/mol. The van der Waals surface area contributed by atoms with E-state index in [1.165, 1.54) is 11.1 Å². The van der Waals surface area contributed by atoms with Crippen LogP contribution in [0.4, 0.5) is 0 Å². The SMILES string of the molecule is CC(C)c1ccc(OCC(=O)N2CCSC(c3ccccc3)CC2)cc1. The molecule has 0 saturated carbocycles. The van der Waals surface area contributed by atoms with Crippen molar-refractivity contribution < 1.29 is 9.53 Å². The number of amides is 1. The Morgan fingerprint density at radius 1 is 1.12 bits per heavy atom. The Morgan fingerprint density at radius 3 is 2.54 bits per heavy atom. The highest BCUT2D eigenvalue weighted by atomic mass is 32.2. The maximum absolute atomic E-state index is 12.5. The van der Waals surface area contributed by atoms with Crippen molar-refractivity contribution in [2.75, 3.05) is 25.4 Å². The highest BCUT2D eigenvalue weighted by Gasteiger charge is 2.22. The average Bonchev–Trinajstić information content (AvgIpc) is 2.93. The number of nitrogens with zero attached hydrogens (tertiary/aromatic N) is 1. The van der Waals surface area contributed by atoms with Gasteiger partial charge in [-0.3, -0.25) is 4.79 Å². The number of hydrogen-bond acceptors (Lipinski definition) is 3. The molecule has 26 heavy (non-hydrogen) atoms. The van der Waals surface area contributed by atoms with E-state index in [-0.39, 0.29) is 12.5 Å². The summed E-state index contributed by atoms with van der Waals surface area (Å²) < 4.78 is 5.71. The lowest BCUT2D eigenvalue weighted by Crippen LogP contribution is -2.36. The Hall–Kier alpha value is -1.94. The second kappa shape index (κ2) is 9.13. The van der Waals surface area contributed by atoms with Crippen molar-refractivity contribution in [2.24, 2.45) is 0 Å². The summed E-state index contributed by atoms with van der Waals surface area (Å²) in [6.07, 6.45) is 0.990. The van der Waals surface area contributed by atoms with Crippen LogP contribution in [0, 0.1) is 0 Å². The van der Waals surface area contributed by atoms with Crippen LogP contribution < -0.4 is 4.74 Å². The Morgan fingerprint density at radius 2 is 1.85 bits per heavy atom. The summed E-state index contributed by atoms with van der Waals surface area (Å²) in [6, 6.07) is 18.6. The molecule has 0 aliphatic carbocycles. The quantitative estimate of drug-likeness (QED) is 0.751. The van der Waals surface area contributed by atoms with E-state index in [1.807, 2.05) is 34.9 Å². The highest BCUT2D eigenvalue weighted by Crippen LogP contribution is 2.34. The van der Waals surface area contributed by atoms with Crippen LogP contribution in [0.1, 0.15) is 42.6 Å². The van der Waals surface area contributed by atoms with Gasteiger partial charge in [0.15, 0.2) is 6.61 Å².